The van der Waals surface area contributed by atoms with E-state index in [9.17, 15) is 0 Å². The molecule has 0 radical (unpaired) electrons. The molecule has 0 fully saturated rings. The van der Waals surface area contributed by atoms with Crippen molar-refractivity contribution >= 4 is 11.3 Å². The summed E-state index contributed by atoms with van der Waals surface area (Å²) in [5.74, 6) is 0. The molecule has 20 heavy (non-hydrogen) atoms. The Kier molecular flexibility index (Phi) is 5.29. The van der Waals surface area contributed by atoms with Crippen molar-refractivity contribution in [3.8, 4) is 0 Å². The molecule has 0 aliphatic rings. The van der Waals surface area contributed by atoms with Gasteiger partial charge < -0.3 is 10.1 Å². The smallest absolute Gasteiger partial charge is 0.134 e. The van der Waals surface area contributed by atoms with Crippen molar-refractivity contribution in [2.45, 2.75) is 32.9 Å². The number of benzene rings is 1. The first-order valence-electron chi connectivity index (χ1n) is 6.95. The summed E-state index contributed by atoms with van der Waals surface area (Å²) in [4.78, 5) is 6.01. The van der Waals surface area contributed by atoms with Gasteiger partial charge >= 0.3 is 0 Å². The number of thiazole rings is 1. The van der Waals surface area contributed by atoms with E-state index in [1.165, 1.54) is 4.88 Å². The summed E-state index contributed by atoms with van der Waals surface area (Å²) in [7, 11) is 1.74. The molecule has 1 aromatic carbocycles. The Balaban J connectivity index is 2.30. The van der Waals surface area contributed by atoms with Crippen LogP contribution in [-0.4, -0.2) is 18.6 Å². The van der Waals surface area contributed by atoms with E-state index in [0.717, 1.165) is 22.8 Å². The molecule has 0 spiro atoms. The zero-order valence-corrected chi connectivity index (χ0v) is 13.3. The van der Waals surface area contributed by atoms with Gasteiger partial charge in [-0.25, -0.2) is 4.98 Å². The second-order valence-corrected chi connectivity index (χ2v) is 5.87. The topological polar surface area (TPSA) is 34.1 Å². The SMILES string of the molecule is CCNC(C)c1sc(C(OC)c2ccccc2)nc1C. The molecule has 3 nitrogen and oxygen atoms in total. The molecule has 0 saturated heterocycles. The third-order valence-electron chi connectivity index (χ3n) is 3.31. The van der Waals surface area contributed by atoms with Gasteiger partial charge in [-0.1, -0.05) is 37.3 Å². The maximum absolute atomic E-state index is 5.66. The summed E-state index contributed by atoms with van der Waals surface area (Å²) in [5, 5.41) is 4.47. The Morgan fingerprint density at radius 3 is 2.60 bits per heavy atom. The van der Waals surface area contributed by atoms with Crippen LogP contribution < -0.4 is 5.32 Å². The second kappa shape index (κ2) is 6.97. The molecule has 2 aromatic rings. The molecule has 2 rings (SSSR count). The normalized spacial score (nSPS) is 14.2. The lowest BCUT2D eigenvalue weighted by atomic mass is 10.1. The maximum Gasteiger partial charge on any atom is 0.134 e. The number of hydrogen-bond acceptors (Lipinski definition) is 4. The van der Waals surface area contributed by atoms with Gasteiger partial charge in [0.15, 0.2) is 0 Å². The molecule has 2 unspecified atom stereocenters. The predicted molar refractivity (Wildman–Crippen MR) is 84.2 cm³/mol. The highest BCUT2D eigenvalue weighted by molar-refractivity contribution is 7.12. The number of aromatic nitrogens is 1. The van der Waals surface area contributed by atoms with Gasteiger partial charge in [0.25, 0.3) is 0 Å². The highest BCUT2D eigenvalue weighted by Gasteiger charge is 2.21. The summed E-state index contributed by atoms with van der Waals surface area (Å²) in [6.07, 6.45) is -0.0810. The molecule has 0 amide bonds. The number of nitrogens with zero attached hydrogens (tertiary/aromatic N) is 1. The number of hydrogen-bond donors (Lipinski definition) is 1. The van der Waals surface area contributed by atoms with E-state index < -0.39 is 0 Å². The van der Waals surface area contributed by atoms with Gasteiger partial charge in [0.2, 0.25) is 0 Å². The van der Waals surface area contributed by atoms with Crippen LogP contribution in [-0.2, 0) is 4.74 Å². The van der Waals surface area contributed by atoms with Crippen molar-refractivity contribution in [3.63, 3.8) is 0 Å². The summed E-state index contributed by atoms with van der Waals surface area (Å²) in [6.45, 7) is 7.33. The zero-order valence-electron chi connectivity index (χ0n) is 12.5. The van der Waals surface area contributed by atoms with E-state index in [0.29, 0.717) is 6.04 Å². The lowest BCUT2D eigenvalue weighted by Crippen LogP contribution is -2.17. The molecular weight excluding hydrogens is 268 g/mol. The molecule has 0 bridgehead atoms. The van der Waals surface area contributed by atoms with Crippen LogP contribution in [0.2, 0.25) is 0 Å². The van der Waals surface area contributed by atoms with Crippen LogP contribution in [0.3, 0.4) is 0 Å². The van der Waals surface area contributed by atoms with Crippen LogP contribution in [0.5, 0.6) is 0 Å². The fourth-order valence-corrected chi connectivity index (χ4v) is 3.55. The average Bonchev–Trinajstić information content (AvgIpc) is 2.83. The number of rotatable bonds is 6. The summed E-state index contributed by atoms with van der Waals surface area (Å²) >= 11 is 1.74. The van der Waals surface area contributed by atoms with Gasteiger partial charge in [0, 0.05) is 18.0 Å². The van der Waals surface area contributed by atoms with Gasteiger partial charge in [-0.05, 0) is 26.0 Å². The minimum absolute atomic E-state index is 0.0810. The highest BCUT2D eigenvalue weighted by Crippen LogP contribution is 2.33. The summed E-state index contributed by atoms with van der Waals surface area (Å²) < 4.78 is 5.66. The monoisotopic (exact) mass is 290 g/mol. The molecule has 4 heteroatoms. The number of aryl methyl sites for hydroxylation is 1. The van der Waals surface area contributed by atoms with Crippen molar-refractivity contribution < 1.29 is 4.74 Å². The minimum Gasteiger partial charge on any atom is -0.370 e. The van der Waals surface area contributed by atoms with Crippen LogP contribution in [0, 0.1) is 6.92 Å². The Bertz CT molecular complexity index is 539. The third-order valence-corrected chi connectivity index (χ3v) is 4.70. The average molecular weight is 290 g/mol. The van der Waals surface area contributed by atoms with Crippen molar-refractivity contribution in [2.24, 2.45) is 0 Å². The van der Waals surface area contributed by atoms with Crippen LogP contribution in [0.15, 0.2) is 30.3 Å². The Labute approximate surface area is 125 Å². The van der Waals surface area contributed by atoms with Gasteiger partial charge in [-0.15, -0.1) is 11.3 Å². The molecular formula is C16H22N2OS. The predicted octanol–water partition coefficient (Wildman–Crippen LogP) is 3.86. The van der Waals surface area contributed by atoms with Crippen LogP contribution in [0.1, 0.15) is 47.1 Å². The van der Waals surface area contributed by atoms with Crippen LogP contribution >= 0.6 is 11.3 Å². The van der Waals surface area contributed by atoms with Gasteiger partial charge in [-0.3, -0.25) is 0 Å². The first-order chi connectivity index (χ1) is 9.67. The van der Waals surface area contributed by atoms with Crippen molar-refractivity contribution in [1.82, 2.24) is 10.3 Å². The number of nitrogens with one attached hydrogen (secondary N) is 1. The molecule has 0 aliphatic carbocycles. The van der Waals surface area contributed by atoms with E-state index in [-0.39, 0.29) is 6.10 Å². The fraction of sp³-hybridized carbons (Fsp3) is 0.438. The quantitative estimate of drug-likeness (QED) is 0.877. The standard InChI is InChI=1S/C16H22N2OS/c1-5-17-11(2)15-12(3)18-16(20-15)14(19-4)13-9-7-6-8-10-13/h6-11,14,17H,5H2,1-4H3. The van der Waals surface area contributed by atoms with Crippen molar-refractivity contribution in [1.29, 1.82) is 0 Å². The molecule has 1 heterocycles. The molecule has 0 saturated carbocycles. The van der Waals surface area contributed by atoms with Gasteiger partial charge in [0.1, 0.15) is 11.1 Å². The number of methoxy groups -OCH3 is 1. The minimum atomic E-state index is -0.0810. The van der Waals surface area contributed by atoms with E-state index in [2.05, 4.69) is 38.2 Å². The number of ether oxygens (including phenoxy) is 1. The first kappa shape index (κ1) is 15.2. The zero-order chi connectivity index (χ0) is 14.5. The molecule has 108 valence electrons. The van der Waals surface area contributed by atoms with E-state index in [1.807, 2.05) is 18.2 Å². The van der Waals surface area contributed by atoms with Crippen molar-refractivity contribution in [2.75, 3.05) is 13.7 Å². The Morgan fingerprint density at radius 1 is 1.30 bits per heavy atom. The summed E-state index contributed by atoms with van der Waals surface area (Å²) in [5.41, 5.74) is 2.24. The van der Waals surface area contributed by atoms with E-state index in [1.54, 1.807) is 18.4 Å². The van der Waals surface area contributed by atoms with Crippen molar-refractivity contribution in [3.05, 3.63) is 51.5 Å². The first-order valence-corrected chi connectivity index (χ1v) is 7.77. The third kappa shape index (κ3) is 3.26. The molecule has 2 atom stereocenters. The Hall–Kier alpha value is -1.23. The summed E-state index contributed by atoms with van der Waals surface area (Å²) in [6, 6.07) is 10.6. The largest absolute Gasteiger partial charge is 0.370 e. The molecule has 1 N–H and O–H groups in total. The van der Waals surface area contributed by atoms with E-state index in [4.69, 9.17) is 9.72 Å². The molecule has 0 aliphatic heterocycles. The van der Waals surface area contributed by atoms with Gasteiger partial charge in [-0.2, -0.15) is 0 Å². The maximum atomic E-state index is 5.66. The van der Waals surface area contributed by atoms with Crippen LogP contribution in [0.4, 0.5) is 0 Å². The highest BCUT2D eigenvalue weighted by atomic mass is 32.1. The lowest BCUT2D eigenvalue weighted by Gasteiger charge is -2.13. The van der Waals surface area contributed by atoms with Crippen LogP contribution in [0.25, 0.3) is 0 Å². The lowest BCUT2D eigenvalue weighted by molar-refractivity contribution is 0.136. The molecule has 1 aromatic heterocycles. The Morgan fingerprint density at radius 2 is 2.00 bits per heavy atom. The van der Waals surface area contributed by atoms with Gasteiger partial charge in [0.05, 0.1) is 5.69 Å². The second-order valence-electron chi connectivity index (χ2n) is 4.81. The fourth-order valence-electron chi connectivity index (χ4n) is 2.35. The van der Waals surface area contributed by atoms with E-state index >= 15 is 0 Å².